The molecule has 1 heteroatoms. The van der Waals surface area contributed by atoms with Crippen molar-refractivity contribution >= 4 is 21.5 Å². The lowest BCUT2D eigenvalue weighted by Crippen LogP contribution is -2.15. The molecule has 0 unspecified atom stereocenters. The Kier molecular flexibility index (Phi) is 7.30. The molecule has 262 valence electrons. The van der Waals surface area contributed by atoms with Crippen molar-refractivity contribution in [2.24, 2.45) is 0 Å². The molecule has 0 aromatic heterocycles. The molecule has 0 saturated heterocycles. The van der Waals surface area contributed by atoms with Crippen molar-refractivity contribution in [2.45, 2.75) is 51.9 Å². The standard InChI is InChI=1S/C53H44O/c1-6-29-54-37-24-19-33(20-25-37)50-42-14-7-9-16-44(42)51(45-17-10-8-15-43(45)50)36-23-28-41-40-27-22-35(31-48(40)53(4,5)49(41)32-36)34-21-26-39-38-13-11-12-18-46(38)52(2,3)47(39)30-34/h7-28,30-32H,6,29H2,1-5H3. The van der Waals surface area contributed by atoms with Crippen molar-refractivity contribution in [1.29, 1.82) is 0 Å². The van der Waals surface area contributed by atoms with E-state index >= 15 is 0 Å². The average molecular weight is 697 g/mol. The lowest BCUT2D eigenvalue weighted by molar-refractivity contribution is 0.317. The second-order valence-corrected chi connectivity index (χ2v) is 16.3. The highest BCUT2D eigenvalue weighted by molar-refractivity contribution is 6.21. The first-order chi connectivity index (χ1) is 26.3. The summed E-state index contributed by atoms with van der Waals surface area (Å²) in [7, 11) is 0. The molecular weight excluding hydrogens is 653 g/mol. The van der Waals surface area contributed by atoms with Gasteiger partial charge >= 0.3 is 0 Å². The zero-order chi connectivity index (χ0) is 36.8. The number of hydrogen-bond acceptors (Lipinski definition) is 1. The fourth-order valence-electron chi connectivity index (χ4n) is 9.64. The zero-order valence-corrected chi connectivity index (χ0v) is 31.8. The summed E-state index contributed by atoms with van der Waals surface area (Å²) >= 11 is 0. The normalized spacial score (nSPS) is 14.5. The van der Waals surface area contributed by atoms with E-state index < -0.39 is 0 Å². The minimum absolute atomic E-state index is 0.0229. The topological polar surface area (TPSA) is 9.23 Å². The number of benzene rings is 8. The first-order valence-electron chi connectivity index (χ1n) is 19.5. The molecule has 0 heterocycles. The third-order valence-corrected chi connectivity index (χ3v) is 12.4. The molecule has 2 aliphatic rings. The summed E-state index contributed by atoms with van der Waals surface area (Å²) in [4.78, 5) is 0. The number of ether oxygens (including phenoxy) is 1. The van der Waals surface area contributed by atoms with Gasteiger partial charge in [-0.25, -0.2) is 0 Å². The Hall–Kier alpha value is -5.92. The monoisotopic (exact) mass is 696 g/mol. The quantitative estimate of drug-likeness (QED) is 0.157. The van der Waals surface area contributed by atoms with Crippen LogP contribution in [0.1, 0.15) is 63.3 Å². The largest absolute Gasteiger partial charge is 0.494 e. The SMILES string of the molecule is CCCOc1ccc(-c2c3ccccc3c(-c3ccc4c(c3)C(C)(C)c3cc(-c5ccc6c(c5)C(C)(C)c5ccccc5-6)ccc3-4)c3ccccc23)cc1. The van der Waals surface area contributed by atoms with E-state index in [-0.39, 0.29) is 10.8 Å². The third kappa shape index (κ3) is 4.77. The summed E-state index contributed by atoms with van der Waals surface area (Å²) < 4.78 is 5.94. The summed E-state index contributed by atoms with van der Waals surface area (Å²) in [5, 5.41) is 5.08. The van der Waals surface area contributed by atoms with Crippen LogP contribution in [0.15, 0.2) is 152 Å². The molecule has 10 rings (SSSR count). The van der Waals surface area contributed by atoms with E-state index in [4.69, 9.17) is 4.74 Å². The Morgan fingerprint density at radius 1 is 0.389 bits per heavy atom. The predicted octanol–water partition coefficient (Wildman–Crippen LogP) is 14.4. The van der Waals surface area contributed by atoms with Crippen molar-refractivity contribution in [2.75, 3.05) is 6.61 Å². The van der Waals surface area contributed by atoms with Gasteiger partial charge in [-0.2, -0.15) is 0 Å². The van der Waals surface area contributed by atoms with E-state index in [0.29, 0.717) is 0 Å². The first kappa shape index (κ1) is 32.7. The number of hydrogen-bond donors (Lipinski definition) is 0. The minimum atomic E-state index is -0.157. The van der Waals surface area contributed by atoms with E-state index in [1.54, 1.807) is 0 Å². The Balaban J connectivity index is 1.08. The molecular formula is C53H44O. The van der Waals surface area contributed by atoms with Crippen LogP contribution in [0.5, 0.6) is 5.75 Å². The second kappa shape index (κ2) is 12.1. The van der Waals surface area contributed by atoms with Crippen LogP contribution in [0.25, 0.3) is 77.2 Å². The van der Waals surface area contributed by atoms with Gasteiger partial charge in [0, 0.05) is 10.8 Å². The molecule has 0 atom stereocenters. The van der Waals surface area contributed by atoms with Crippen molar-refractivity contribution in [3.8, 4) is 61.4 Å². The van der Waals surface area contributed by atoms with Crippen molar-refractivity contribution in [3.05, 3.63) is 174 Å². The summed E-state index contributed by atoms with van der Waals surface area (Å²) in [5.41, 5.74) is 18.4. The highest BCUT2D eigenvalue weighted by atomic mass is 16.5. The van der Waals surface area contributed by atoms with Gasteiger partial charge in [0.05, 0.1) is 6.61 Å². The average Bonchev–Trinajstić information content (AvgIpc) is 3.57. The van der Waals surface area contributed by atoms with E-state index in [1.807, 2.05) is 0 Å². The van der Waals surface area contributed by atoms with Gasteiger partial charge in [-0.15, -0.1) is 0 Å². The highest BCUT2D eigenvalue weighted by Crippen LogP contribution is 2.53. The lowest BCUT2D eigenvalue weighted by Gasteiger charge is -2.24. The van der Waals surface area contributed by atoms with E-state index in [1.165, 1.54) is 99.4 Å². The smallest absolute Gasteiger partial charge is 0.119 e. The fraction of sp³-hybridized carbons (Fsp3) is 0.170. The zero-order valence-electron chi connectivity index (χ0n) is 31.8. The Bertz CT molecular complexity index is 2740. The molecule has 0 amide bonds. The van der Waals surface area contributed by atoms with Gasteiger partial charge in [0.25, 0.3) is 0 Å². The van der Waals surface area contributed by atoms with Crippen LogP contribution in [0, 0.1) is 0 Å². The molecule has 2 aliphatic carbocycles. The maximum atomic E-state index is 5.94. The highest BCUT2D eigenvalue weighted by Gasteiger charge is 2.37. The van der Waals surface area contributed by atoms with Gasteiger partial charge in [0.15, 0.2) is 0 Å². The van der Waals surface area contributed by atoms with Gasteiger partial charge in [-0.1, -0.05) is 156 Å². The van der Waals surface area contributed by atoms with Crippen molar-refractivity contribution < 1.29 is 4.74 Å². The summed E-state index contributed by atoms with van der Waals surface area (Å²) in [6, 6.07) is 56.9. The molecule has 1 nitrogen and oxygen atoms in total. The van der Waals surface area contributed by atoms with Crippen molar-refractivity contribution in [3.63, 3.8) is 0 Å². The van der Waals surface area contributed by atoms with Crippen molar-refractivity contribution in [1.82, 2.24) is 0 Å². The molecule has 54 heavy (non-hydrogen) atoms. The number of fused-ring (bicyclic) bond motifs is 8. The molecule has 8 aromatic carbocycles. The summed E-state index contributed by atoms with van der Waals surface area (Å²) in [6.07, 6.45) is 0.995. The molecule has 0 bridgehead atoms. The molecule has 0 N–H and O–H groups in total. The van der Waals surface area contributed by atoms with Crippen LogP contribution in [0.3, 0.4) is 0 Å². The fourth-order valence-corrected chi connectivity index (χ4v) is 9.64. The van der Waals surface area contributed by atoms with Crippen LogP contribution in [-0.4, -0.2) is 6.61 Å². The van der Waals surface area contributed by atoms with Gasteiger partial charge < -0.3 is 4.74 Å². The Morgan fingerprint density at radius 2 is 0.778 bits per heavy atom. The second-order valence-electron chi connectivity index (χ2n) is 16.3. The van der Waals surface area contributed by atoms with Gasteiger partial charge in [-0.3, -0.25) is 0 Å². The number of rotatable bonds is 6. The molecule has 8 aromatic rings. The maximum absolute atomic E-state index is 5.94. The lowest BCUT2D eigenvalue weighted by atomic mass is 9.79. The van der Waals surface area contributed by atoms with E-state index in [9.17, 15) is 0 Å². The van der Waals surface area contributed by atoms with Crippen LogP contribution in [0.2, 0.25) is 0 Å². The van der Waals surface area contributed by atoms with Gasteiger partial charge in [0.1, 0.15) is 5.75 Å². The van der Waals surface area contributed by atoms with Crippen LogP contribution in [-0.2, 0) is 10.8 Å². The minimum Gasteiger partial charge on any atom is -0.494 e. The van der Waals surface area contributed by atoms with Crippen LogP contribution in [0.4, 0.5) is 0 Å². The summed E-state index contributed by atoms with van der Waals surface area (Å²) in [6.45, 7) is 12.4. The van der Waals surface area contributed by atoms with Crippen LogP contribution < -0.4 is 4.74 Å². The summed E-state index contributed by atoms with van der Waals surface area (Å²) in [5.74, 6) is 0.918. The van der Waals surface area contributed by atoms with Gasteiger partial charge in [0.2, 0.25) is 0 Å². The molecule has 0 saturated carbocycles. The predicted molar refractivity (Wildman–Crippen MR) is 229 cm³/mol. The van der Waals surface area contributed by atoms with E-state index in [2.05, 4.69) is 186 Å². The molecule has 0 spiro atoms. The van der Waals surface area contributed by atoms with E-state index in [0.717, 1.165) is 18.8 Å². The van der Waals surface area contributed by atoms with Gasteiger partial charge in [-0.05, 0) is 136 Å². The molecule has 0 aliphatic heterocycles. The first-order valence-corrected chi connectivity index (χ1v) is 19.5. The molecule has 0 fully saturated rings. The Morgan fingerprint density at radius 3 is 1.30 bits per heavy atom. The Labute approximate surface area is 318 Å². The molecule has 0 radical (unpaired) electrons. The maximum Gasteiger partial charge on any atom is 0.119 e. The van der Waals surface area contributed by atoms with Crippen LogP contribution >= 0.6 is 0 Å². The third-order valence-electron chi connectivity index (χ3n) is 12.4.